The van der Waals surface area contributed by atoms with E-state index in [0.717, 1.165) is 11.3 Å². The van der Waals surface area contributed by atoms with Crippen molar-refractivity contribution in [3.05, 3.63) is 64.2 Å². The highest BCUT2D eigenvalue weighted by atomic mass is 35.5. The molecule has 0 radical (unpaired) electrons. The number of nitrogens with one attached hydrogen (secondary N) is 2. The first-order valence-electron chi connectivity index (χ1n) is 8.83. The van der Waals surface area contributed by atoms with E-state index in [1.165, 1.54) is 24.0 Å². The minimum absolute atomic E-state index is 0.0388. The minimum atomic E-state index is -0.287. The smallest absolute Gasteiger partial charge is 0.241 e. The maximum atomic E-state index is 12.6. The number of benzene rings is 2. The molecular formula is C21H25ClN2O. The summed E-state index contributed by atoms with van der Waals surface area (Å²) in [4.78, 5) is 12.6. The fourth-order valence-corrected chi connectivity index (χ4v) is 3.19. The van der Waals surface area contributed by atoms with Crippen molar-refractivity contribution in [2.45, 2.75) is 45.7 Å². The van der Waals surface area contributed by atoms with Crippen LogP contribution in [0.3, 0.4) is 0 Å². The van der Waals surface area contributed by atoms with Crippen molar-refractivity contribution in [3.8, 4) is 0 Å². The van der Waals surface area contributed by atoms with Gasteiger partial charge < -0.3 is 5.32 Å². The average molecular weight is 357 g/mol. The lowest BCUT2D eigenvalue weighted by Gasteiger charge is -2.24. The molecule has 4 heteroatoms. The molecule has 1 aliphatic carbocycles. The maximum absolute atomic E-state index is 12.6. The molecule has 3 nitrogen and oxygen atoms in total. The Morgan fingerprint density at radius 1 is 1.12 bits per heavy atom. The van der Waals surface area contributed by atoms with Gasteiger partial charge in [-0.25, -0.2) is 0 Å². The Kier molecular flexibility index (Phi) is 5.45. The Morgan fingerprint density at radius 3 is 2.44 bits per heavy atom. The summed E-state index contributed by atoms with van der Waals surface area (Å²) in [6.45, 7) is 5.97. The van der Waals surface area contributed by atoms with Gasteiger partial charge in [0, 0.05) is 16.8 Å². The topological polar surface area (TPSA) is 41.1 Å². The van der Waals surface area contributed by atoms with Crippen LogP contribution in [0.15, 0.2) is 42.5 Å². The lowest BCUT2D eigenvalue weighted by Crippen LogP contribution is -2.41. The van der Waals surface area contributed by atoms with Crippen molar-refractivity contribution in [3.63, 3.8) is 0 Å². The Balaban J connectivity index is 1.68. The van der Waals surface area contributed by atoms with Crippen molar-refractivity contribution < 1.29 is 4.79 Å². The maximum Gasteiger partial charge on any atom is 0.241 e. The molecule has 1 aliphatic rings. The zero-order valence-electron chi connectivity index (χ0n) is 15.0. The normalized spacial score (nSPS) is 16.3. The standard InChI is InChI=1S/C21H25ClN2O/c1-13-4-7-16(8-5-13)20(17-9-10-17)23-15(3)21(25)24-19-12-18(22)11-6-14(19)2/h4-8,11-12,15,17,20,23H,9-10H2,1-3H3,(H,24,25)/t15-,20+/m1/s1. The second kappa shape index (κ2) is 7.59. The second-order valence-electron chi connectivity index (χ2n) is 7.06. The second-order valence-corrected chi connectivity index (χ2v) is 7.50. The number of carbonyl (C=O) groups excluding carboxylic acids is 1. The van der Waals surface area contributed by atoms with E-state index in [0.29, 0.717) is 10.9 Å². The van der Waals surface area contributed by atoms with Gasteiger partial charge in [-0.2, -0.15) is 0 Å². The van der Waals surface area contributed by atoms with Crippen LogP contribution in [0.2, 0.25) is 5.02 Å². The van der Waals surface area contributed by atoms with Gasteiger partial charge in [0.2, 0.25) is 5.91 Å². The molecule has 0 unspecified atom stereocenters. The summed E-state index contributed by atoms with van der Waals surface area (Å²) in [5, 5.41) is 7.14. The van der Waals surface area contributed by atoms with Gasteiger partial charge >= 0.3 is 0 Å². The Hall–Kier alpha value is -1.84. The molecule has 2 aromatic rings. The first kappa shape index (κ1) is 18.0. The van der Waals surface area contributed by atoms with Gasteiger partial charge in [0.1, 0.15) is 0 Å². The first-order valence-corrected chi connectivity index (χ1v) is 9.21. The summed E-state index contributed by atoms with van der Waals surface area (Å²) in [7, 11) is 0. The highest BCUT2D eigenvalue weighted by Gasteiger charge is 2.34. The van der Waals surface area contributed by atoms with E-state index >= 15 is 0 Å². The van der Waals surface area contributed by atoms with Crippen molar-refractivity contribution in [1.82, 2.24) is 5.32 Å². The molecule has 132 valence electrons. The zero-order chi connectivity index (χ0) is 18.0. The largest absolute Gasteiger partial charge is 0.324 e. The summed E-state index contributed by atoms with van der Waals surface area (Å²) in [5.41, 5.74) is 4.28. The molecular weight excluding hydrogens is 332 g/mol. The molecule has 1 saturated carbocycles. The van der Waals surface area contributed by atoms with Crippen LogP contribution in [0.4, 0.5) is 5.69 Å². The lowest BCUT2D eigenvalue weighted by molar-refractivity contribution is -0.118. The number of carbonyl (C=O) groups is 1. The van der Waals surface area contributed by atoms with Crippen molar-refractivity contribution >= 4 is 23.2 Å². The number of halogens is 1. The van der Waals surface area contributed by atoms with Crippen LogP contribution in [0.25, 0.3) is 0 Å². The molecule has 2 N–H and O–H groups in total. The van der Waals surface area contributed by atoms with Crippen molar-refractivity contribution in [1.29, 1.82) is 0 Å². The average Bonchev–Trinajstić information content (AvgIpc) is 3.41. The monoisotopic (exact) mass is 356 g/mol. The number of rotatable bonds is 6. The first-order chi connectivity index (χ1) is 11.9. The summed E-state index contributed by atoms with van der Waals surface area (Å²) in [5.74, 6) is 0.578. The van der Waals surface area contributed by atoms with Crippen molar-refractivity contribution in [2.24, 2.45) is 5.92 Å². The third-order valence-corrected chi connectivity index (χ3v) is 5.05. The highest BCUT2D eigenvalue weighted by molar-refractivity contribution is 6.31. The third kappa shape index (κ3) is 4.62. The van der Waals surface area contributed by atoms with E-state index in [-0.39, 0.29) is 18.0 Å². The van der Waals surface area contributed by atoms with Crippen LogP contribution in [-0.2, 0) is 4.79 Å². The van der Waals surface area contributed by atoms with E-state index in [9.17, 15) is 4.79 Å². The SMILES string of the molecule is Cc1ccc([C@H](N[C@H](C)C(=O)Nc2cc(Cl)ccc2C)C2CC2)cc1. The van der Waals surface area contributed by atoms with Crippen LogP contribution < -0.4 is 10.6 Å². The quantitative estimate of drug-likeness (QED) is 0.762. The number of anilines is 1. The van der Waals surface area contributed by atoms with Gasteiger partial charge in [0.05, 0.1) is 6.04 Å². The molecule has 0 aromatic heterocycles. The van der Waals surface area contributed by atoms with E-state index < -0.39 is 0 Å². The number of hydrogen-bond acceptors (Lipinski definition) is 2. The fourth-order valence-electron chi connectivity index (χ4n) is 3.02. The van der Waals surface area contributed by atoms with Crippen molar-refractivity contribution in [2.75, 3.05) is 5.32 Å². The summed E-state index contributed by atoms with van der Waals surface area (Å²) in [6, 6.07) is 14.1. The van der Waals surface area contributed by atoms with E-state index in [2.05, 4.69) is 41.8 Å². The van der Waals surface area contributed by atoms with Gasteiger partial charge in [-0.15, -0.1) is 0 Å². The summed E-state index contributed by atoms with van der Waals surface area (Å²) < 4.78 is 0. The minimum Gasteiger partial charge on any atom is -0.324 e. The predicted octanol–water partition coefficient (Wildman–Crippen LogP) is 5.02. The fraction of sp³-hybridized carbons (Fsp3) is 0.381. The van der Waals surface area contributed by atoms with E-state index in [4.69, 9.17) is 11.6 Å². The van der Waals surface area contributed by atoms with Gasteiger partial charge in [0.25, 0.3) is 0 Å². The number of hydrogen-bond donors (Lipinski definition) is 2. The lowest BCUT2D eigenvalue weighted by atomic mass is 10.00. The molecule has 0 bridgehead atoms. The van der Waals surface area contributed by atoms with Gasteiger partial charge in [-0.05, 0) is 62.8 Å². The van der Waals surface area contributed by atoms with Crippen LogP contribution in [0.1, 0.15) is 42.5 Å². The number of amides is 1. The molecule has 0 spiro atoms. The van der Waals surface area contributed by atoms with E-state index in [1.807, 2.05) is 26.0 Å². The third-order valence-electron chi connectivity index (χ3n) is 4.81. The molecule has 1 amide bonds. The molecule has 2 atom stereocenters. The van der Waals surface area contributed by atoms with Crippen LogP contribution in [0, 0.1) is 19.8 Å². The Bertz CT molecular complexity index is 753. The van der Waals surface area contributed by atoms with Gasteiger partial charge in [0.15, 0.2) is 0 Å². The molecule has 0 heterocycles. The summed E-state index contributed by atoms with van der Waals surface area (Å²) in [6.07, 6.45) is 2.43. The Labute approximate surface area is 154 Å². The molecule has 2 aromatic carbocycles. The van der Waals surface area contributed by atoms with Crippen LogP contribution in [-0.4, -0.2) is 11.9 Å². The molecule has 0 saturated heterocycles. The van der Waals surface area contributed by atoms with Crippen LogP contribution in [0.5, 0.6) is 0 Å². The zero-order valence-corrected chi connectivity index (χ0v) is 15.7. The predicted molar refractivity (Wildman–Crippen MR) is 104 cm³/mol. The summed E-state index contributed by atoms with van der Waals surface area (Å²) >= 11 is 6.04. The van der Waals surface area contributed by atoms with Gasteiger partial charge in [-0.1, -0.05) is 47.5 Å². The molecule has 25 heavy (non-hydrogen) atoms. The highest BCUT2D eigenvalue weighted by Crippen LogP contribution is 2.41. The molecule has 1 fully saturated rings. The Morgan fingerprint density at radius 2 is 1.80 bits per heavy atom. The van der Waals surface area contributed by atoms with E-state index in [1.54, 1.807) is 6.07 Å². The number of aryl methyl sites for hydroxylation is 2. The van der Waals surface area contributed by atoms with Crippen LogP contribution >= 0.6 is 11.6 Å². The molecule has 0 aliphatic heterocycles. The molecule has 3 rings (SSSR count). The van der Waals surface area contributed by atoms with Gasteiger partial charge in [-0.3, -0.25) is 10.1 Å².